The zero-order valence-electron chi connectivity index (χ0n) is 12.2. The molecule has 0 bridgehead atoms. The van der Waals surface area contributed by atoms with Crippen LogP contribution in [0.15, 0.2) is 42.7 Å². The van der Waals surface area contributed by atoms with E-state index in [1.165, 1.54) is 5.56 Å². The van der Waals surface area contributed by atoms with E-state index in [9.17, 15) is 4.39 Å². The number of nitrogens with zero attached hydrogens (tertiary/aromatic N) is 2. The van der Waals surface area contributed by atoms with Gasteiger partial charge in [0.2, 0.25) is 0 Å². The maximum Gasteiger partial charge on any atom is 0.152 e. The van der Waals surface area contributed by atoms with Gasteiger partial charge < -0.3 is 4.90 Å². The fourth-order valence-corrected chi connectivity index (χ4v) is 2.79. The van der Waals surface area contributed by atoms with Crippen LogP contribution >= 0.6 is 0 Å². The van der Waals surface area contributed by atoms with E-state index in [4.69, 9.17) is 10.7 Å². The Hall–Kier alpha value is -2.02. The minimum atomic E-state index is -0.236. The lowest BCUT2D eigenvalue weighted by Crippen LogP contribution is -2.48. The molecule has 6 heteroatoms. The van der Waals surface area contributed by atoms with E-state index in [2.05, 4.69) is 15.5 Å². The van der Waals surface area contributed by atoms with Crippen molar-refractivity contribution in [1.82, 2.24) is 10.6 Å². The van der Waals surface area contributed by atoms with Gasteiger partial charge in [-0.25, -0.2) is 10.2 Å². The van der Waals surface area contributed by atoms with Crippen LogP contribution in [-0.4, -0.2) is 18.1 Å². The fraction of sp³-hybridized carbons (Fsp3) is 0.312. The molecule has 0 radical (unpaired) electrons. The molecule has 3 rings (SSSR count). The van der Waals surface area contributed by atoms with Crippen LogP contribution in [-0.2, 0) is 17.9 Å². The molecule has 2 heterocycles. The minimum Gasteiger partial charge on any atom is -0.368 e. The summed E-state index contributed by atoms with van der Waals surface area (Å²) in [5.74, 6) is 5.36. The summed E-state index contributed by atoms with van der Waals surface area (Å²) in [6, 6.07) is 9.40. The third kappa shape index (κ3) is 3.24. The molecule has 1 aliphatic heterocycles. The van der Waals surface area contributed by atoms with Gasteiger partial charge in [0.1, 0.15) is 0 Å². The third-order valence-corrected chi connectivity index (χ3v) is 3.94. The van der Waals surface area contributed by atoms with Crippen LogP contribution in [0.1, 0.15) is 11.1 Å². The van der Waals surface area contributed by atoms with Gasteiger partial charge in [0, 0.05) is 31.0 Å². The highest BCUT2D eigenvalue weighted by atomic mass is 19.1. The van der Waals surface area contributed by atoms with Gasteiger partial charge in [0.05, 0.1) is 12.3 Å². The SMILES string of the molecule is NNOCc1cccc(N2CC(Cc3ccncc3)C2)c1F. The lowest BCUT2D eigenvalue weighted by atomic mass is 9.92. The number of hydrogen-bond acceptors (Lipinski definition) is 5. The monoisotopic (exact) mass is 302 g/mol. The van der Waals surface area contributed by atoms with Crippen molar-refractivity contribution < 1.29 is 9.23 Å². The summed E-state index contributed by atoms with van der Waals surface area (Å²) in [6.45, 7) is 1.82. The molecule has 3 N–H and O–H groups in total. The topological polar surface area (TPSA) is 63.4 Å². The summed E-state index contributed by atoms with van der Waals surface area (Å²) in [5, 5.41) is 0. The number of halogens is 1. The van der Waals surface area contributed by atoms with Gasteiger partial charge in [-0.3, -0.25) is 9.82 Å². The highest BCUT2D eigenvalue weighted by molar-refractivity contribution is 5.52. The van der Waals surface area contributed by atoms with Gasteiger partial charge in [0.25, 0.3) is 0 Å². The van der Waals surface area contributed by atoms with E-state index in [0.717, 1.165) is 19.5 Å². The average Bonchev–Trinajstić information content (AvgIpc) is 2.51. The number of benzene rings is 1. The second-order valence-corrected chi connectivity index (χ2v) is 5.49. The number of rotatable bonds is 6. The molecule has 0 saturated carbocycles. The number of nitrogens with two attached hydrogens (primary N) is 1. The lowest BCUT2D eigenvalue weighted by Gasteiger charge is -2.41. The first-order valence-electron chi connectivity index (χ1n) is 7.26. The van der Waals surface area contributed by atoms with Gasteiger partial charge in [-0.15, -0.1) is 5.59 Å². The number of aromatic nitrogens is 1. The Balaban J connectivity index is 1.60. The summed E-state index contributed by atoms with van der Waals surface area (Å²) in [6.07, 6.45) is 4.61. The normalized spacial score (nSPS) is 14.9. The van der Waals surface area contributed by atoms with Gasteiger partial charge in [-0.2, -0.15) is 0 Å². The van der Waals surface area contributed by atoms with Gasteiger partial charge in [0.15, 0.2) is 5.82 Å². The molecule has 1 aromatic carbocycles. The van der Waals surface area contributed by atoms with Crippen LogP contribution in [0.3, 0.4) is 0 Å². The first kappa shape index (κ1) is 14.9. The highest BCUT2D eigenvalue weighted by Crippen LogP contribution is 2.30. The first-order chi connectivity index (χ1) is 10.8. The highest BCUT2D eigenvalue weighted by Gasteiger charge is 2.29. The van der Waals surface area contributed by atoms with Crippen molar-refractivity contribution >= 4 is 5.69 Å². The van der Waals surface area contributed by atoms with Crippen molar-refractivity contribution in [2.75, 3.05) is 18.0 Å². The van der Waals surface area contributed by atoms with Gasteiger partial charge in [-0.1, -0.05) is 12.1 Å². The van der Waals surface area contributed by atoms with Crippen molar-refractivity contribution in [3.8, 4) is 0 Å². The number of anilines is 1. The molecule has 116 valence electrons. The molecule has 0 atom stereocenters. The maximum atomic E-state index is 14.4. The summed E-state index contributed by atoms with van der Waals surface area (Å²) >= 11 is 0. The summed E-state index contributed by atoms with van der Waals surface area (Å²) < 4.78 is 14.4. The van der Waals surface area contributed by atoms with Crippen molar-refractivity contribution in [3.05, 3.63) is 59.7 Å². The molecular formula is C16H19FN4O. The van der Waals surface area contributed by atoms with Crippen LogP contribution in [0.4, 0.5) is 10.1 Å². The van der Waals surface area contributed by atoms with Crippen molar-refractivity contribution in [2.24, 2.45) is 11.8 Å². The van der Waals surface area contributed by atoms with E-state index >= 15 is 0 Å². The van der Waals surface area contributed by atoms with Crippen LogP contribution in [0.2, 0.25) is 0 Å². The molecule has 22 heavy (non-hydrogen) atoms. The largest absolute Gasteiger partial charge is 0.368 e. The molecule has 1 saturated heterocycles. The summed E-state index contributed by atoms with van der Waals surface area (Å²) in [7, 11) is 0. The molecule has 0 amide bonds. The average molecular weight is 302 g/mol. The number of hydrogen-bond donors (Lipinski definition) is 2. The van der Waals surface area contributed by atoms with E-state index in [1.807, 2.05) is 18.2 Å². The minimum absolute atomic E-state index is 0.102. The fourth-order valence-electron chi connectivity index (χ4n) is 2.79. The Morgan fingerprint density at radius 2 is 2.05 bits per heavy atom. The van der Waals surface area contributed by atoms with E-state index in [-0.39, 0.29) is 12.4 Å². The number of nitrogens with one attached hydrogen (secondary N) is 1. The second-order valence-electron chi connectivity index (χ2n) is 5.49. The Morgan fingerprint density at radius 3 is 2.77 bits per heavy atom. The standard InChI is InChI=1S/C16H19FN4O/c17-16-14(11-22-20-18)2-1-3-15(16)21-9-13(10-21)8-12-4-6-19-7-5-12/h1-7,13,20H,8-11,18H2. The molecule has 1 aromatic heterocycles. The Bertz CT molecular complexity index is 617. The van der Waals surface area contributed by atoms with Gasteiger partial charge >= 0.3 is 0 Å². The zero-order chi connectivity index (χ0) is 15.4. The van der Waals surface area contributed by atoms with Crippen LogP contribution < -0.4 is 16.3 Å². The van der Waals surface area contributed by atoms with Crippen LogP contribution in [0.25, 0.3) is 0 Å². The summed E-state index contributed by atoms with van der Waals surface area (Å²) in [4.78, 5) is 10.9. The Morgan fingerprint density at radius 1 is 1.27 bits per heavy atom. The second kappa shape index (κ2) is 6.83. The van der Waals surface area contributed by atoms with Crippen molar-refractivity contribution in [1.29, 1.82) is 0 Å². The van der Waals surface area contributed by atoms with Crippen LogP contribution in [0, 0.1) is 11.7 Å². The van der Waals surface area contributed by atoms with Gasteiger partial charge in [-0.05, 0) is 36.1 Å². The Kier molecular flexibility index (Phi) is 4.62. The van der Waals surface area contributed by atoms with Crippen molar-refractivity contribution in [3.63, 3.8) is 0 Å². The molecule has 0 aliphatic carbocycles. The molecule has 0 unspecified atom stereocenters. The quantitative estimate of drug-likeness (QED) is 0.629. The number of hydrazine groups is 1. The predicted octanol–water partition coefficient (Wildman–Crippen LogP) is 1.79. The zero-order valence-corrected chi connectivity index (χ0v) is 12.2. The van der Waals surface area contributed by atoms with E-state index in [1.54, 1.807) is 24.5 Å². The molecular weight excluding hydrogens is 283 g/mol. The van der Waals surface area contributed by atoms with E-state index in [0.29, 0.717) is 17.2 Å². The van der Waals surface area contributed by atoms with Crippen LogP contribution in [0.5, 0.6) is 0 Å². The Labute approximate surface area is 128 Å². The van der Waals surface area contributed by atoms with Crippen molar-refractivity contribution in [2.45, 2.75) is 13.0 Å². The third-order valence-electron chi connectivity index (χ3n) is 3.94. The maximum absolute atomic E-state index is 14.4. The summed E-state index contributed by atoms with van der Waals surface area (Å²) in [5.41, 5.74) is 4.47. The molecule has 1 fully saturated rings. The smallest absolute Gasteiger partial charge is 0.152 e. The predicted molar refractivity (Wildman–Crippen MR) is 82.2 cm³/mol. The molecule has 5 nitrogen and oxygen atoms in total. The molecule has 0 spiro atoms. The lowest BCUT2D eigenvalue weighted by molar-refractivity contribution is 0.0264. The van der Waals surface area contributed by atoms with E-state index < -0.39 is 0 Å². The number of pyridine rings is 1. The molecule has 1 aliphatic rings. The first-order valence-corrected chi connectivity index (χ1v) is 7.26. The molecule has 2 aromatic rings.